The number of carbonyl (C=O) groups is 2. The highest BCUT2D eigenvalue weighted by Gasteiger charge is 2.37. The number of hydrogen-bond donors (Lipinski definition) is 0. The second-order valence-electron chi connectivity index (χ2n) is 7.96. The topological polar surface area (TPSA) is 84.9 Å². The first-order chi connectivity index (χ1) is 14.2. The van der Waals surface area contributed by atoms with Crippen LogP contribution in [-0.2, 0) is 16.1 Å². The highest BCUT2D eigenvalue weighted by molar-refractivity contribution is 6.28. The molecule has 160 valence electrons. The molecule has 2 amide bonds. The van der Waals surface area contributed by atoms with E-state index in [9.17, 15) is 9.59 Å². The van der Waals surface area contributed by atoms with Crippen molar-refractivity contribution >= 4 is 29.6 Å². The van der Waals surface area contributed by atoms with E-state index in [0.717, 1.165) is 5.56 Å². The molecule has 1 unspecified atom stereocenters. The Hall–Kier alpha value is -2.87. The molecule has 1 aromatic carbocycles. The molecule has 1 fully saturated rings. The number of halogens is 1. The van der Waals surface area contributed by atoms with Crippen molar-refractivity contribution in [1.29, 1.82) is 0 Å². The third-order valence-corrected chi connectivity index (χ3v) is 4.62. The predicted octanol–water partition coefficient (Wildman–Crippen LogP) is 4.28. The third-order valence-electron chi connectivity index (χ3n) is 4.44. The molecule has 2 aromatic rings. The van der Waals surface area contributed by atoms with Crippen LogP contribution in [0, 0.1) is 0 Å². The van der Waals surface area contributed by atoms with Gasteiger partial charge in [-0.15, -0.1) is 0 Å². The molecule has 1 aliphatic heterocycles. The van der Waals surface area contributed by atoms with Crippen LogP contribution in [0.1, 0.15) is 32.8 Å². The van der Waals surface area contributed by atoms with E-state index in [1.54, 1.807) is 11.0 Å². The number of likely N-dealkylation sites (tertiary alicyclic amines) is 1. The van der Waals surface area contributed by atoms with Crippen LogP contribution in [-0.4, -0.2) is 51.8 Å². The fourth-order valence-electron chi connectivity index (χ4n) is 3.12. The summed E-state index contributed by atoms with van der Waals surface area (Å²) in [6.07, 6.45) is 1.05. The summed E-state index contributed by atoms with van der Waals surface area (Å²) in [5.41, 5.74) is 0.275. The Morgan fingerprint density at radius 3 is 2.63 bits per heavy atom. The van der Waals surface area contributed by atoms with Gasteiger partial charge in [0.1, 0.15) is 18.0 Å². The number of anilines is 1. The maximum Gasteiger partial charge on any atom is 0.416 e. The number of amides is 2. The van der Waals surface area contributed by atoms with Crippen molar-refractivity contribution in [3.63, 3.8) is 0 Å². The number of ether oxygens (including phenoxy) is 2. The Morgan fingerprint density at radius 2 is 1.97 bits per heavy atom. The van der Waals surface area contributed by atoms with E-state index in [1.165, 1.54) is 11.1 Å². The zero-order chi connectivity index (χ0) is 21.7. The van der Waals surface area contributed by atoms with Crippen molar-refractivity contribution in [2.45, 2.75) is 45.4 Å². The maximum atomic E-state index is 13.0. The lowest BCUT2D eigenvalue weighted by atomic mass is 10.2. The van der Waals surface area contributed by atoms with Crippen LogP contribution in [0.3, 0.4) is 0 Å². The van der Waals surface area contributed by atoms with Crippen molar-refractivity contribution in [1.82, 2.24) is 14.9 Å². The SMILES string of the molecule is CC(C)(C)OC(=O)N1CCC(N(C(=O)OCc2ccccc2)c2ccnc(Cl)n2)C1. The largest absolute Gasteiger partial charge is 0.444 e. The Kier molecular flexibility index (Phi) is 6.77. The summed E-state index contributed by atoms with van der Waals surface area (Å²) >= 11 is 5.94. The van der Waals surface area contributed by atoms with E-state index >= 15 is 0 Å². The molecule has 0 saturated carbocycles. The summed E-state index contributed by atoms with van der Waals surface area (Å²) in [4.78, 5) is 36.5. The van der Waals surface area contributed by atoms with Gasteiger partial charge in [-0.1, -0.05) is 30.3 Å². The summed E-state index contributed by atoms with van der Waals surface area (Å²) in [6, 6.07) is 10.7. The molecule has 3 rings (SSSR count). The minimum Gasteiger partial charge on any atom is -0.444 e. The van der Waals surface area contributed by atoms with Gasteiger partial charge in [0.05, 0.1) is 6.04 Å². The van der Waals surface area contributed by atoms with Gasteiger partial charge in [-0.2, -0.15) is 0 Å². The number of carbonyl (C=O) groups excluding carboxylic acids is 2. The lowest BCUT2D eigenvalue weighted by Crippen LogP contribution is -2.44. The van der Waals surface area contributed by atoms with Crippen LogP contribution in [0.4, 0.5) is 15.4 Å². The summed E-state index contributed by atoms with van der Waals surface area (Å²) in [5, 5.41) is 0.0235. The van der Waals surface area contributed by atoms with E-state index in [4.69, 9.17) is 21.1 Å². The van der Waals surface area contributed by atoms with Crippen LogP contribution >= 0.6 is 11.6 Å². The van der Waals surface area contributed by atoms with Crippen LogP contribution in [0.2, 0.25) is 5.28 Å². The summed E-state index contributed by atoms with van der Waals surface area (Å²) < 4.78 is 11.0. The minimum atomic E-state index is -0.594. The number of rotatable bonds is 4. The smallest absolute Gasteiger partial charge is 0.416 e. The minimum absolute atomic E-state index is 0.0235. The fraction of sp³-hybridized carbons (Fsp3) is 0.429. The lowest BCUT2D eigenvalue weighted by Gasteiger charge is -2.28. The molecule has 1 atom stereocenters. The molecule has 0 spiro atoms. The van der Waals surface area contributed by atoms with Crippen LogP contribution in [0.25, 0.3) is 0 Å². The van der Waals surface area contributed by atoms with E-state index in [2.05, 4.69) is 9.97 Å². The number of aromatic nitrogens is 2. The highest BCUT2D eigenvalue weighted by Crippen LogP contribution is 2.25. The summed E-state index contributed by atoms with van der Waals surface area (Å²) in [6.45, 7) is 6.33. The normalized spacial score (nSPS) is 16.3. The molecule has 30 heavy (non-hydrogen) atoms. The molecule has 0 aliphatic carbocycles. The molecule has 1 aliphatic rings. The Labute approximate surface area is 180 Å². The van der Waals surface area contributed by atoms with Gasteiger partial charge in [0.25, 0.3) is 0 Å². The maximum absolute atomic E-state index is 13.0. The second-order valence-corrected chi connectivity index (χ2v) is 8.30. The fourth-order valence-corrected chi connectivity index (χ4v) is 3.27. The first-order valence-corrected chi connectivity index (χ1v) is 10.1. The standard InChI is InChI=1S/C21H25ClN4O4/c1-21(2,3)30-19(27)25-12-10-16(13-25)26(17-9-11-23-18(22)24-17)20(28)29-14-15-7-5-4-6-8-15/h4-9,11,16H,10,12-14H2,1-3H3. The lowest BCUT2D eigenvalue weighted by molar-refractivity contribution is 0.0291. The molecular formula is C21H25ClN4O4. The van der Waals surface area contributed by atoms with Crippen molar-refractivity contribution in [2.24, 2.45) is 0 Å². The Bertz CT molecular complexity index is 888. The van der Waals surface area contributed by atoms with Crippen LogP contribution in [0.15, 0.2) is 42.6 Å². The van der Waals surface area contributed by atoms with Crippen LogP contribution < -0.4 is 4.90 Å². The zero-order valence-corrected chi connectivity index (χ0v) is 18.0. The van der Waals surface area contributed by atoms with E-state index in [-0.39, 0.29) is 17.9 Å². The van der Waals surface area contributed by atoms with E-state index in [1.807, 2.05) is 51.1 Å². The molecule has 0 bridgehead atoms. The number of hydrogen-bond acceptors (Lipinski definition) is 6. The van der Waals surface area contributed by atoms with Gasteiger partial charge in [0.2, 0.25) is 5.28 Å². The predicted molar refractivity (Wildman–Crippen MR) is 112 cm³/mol. The van der Waals surface area contributed by atoms with Gasteiger partial charge < -0.3 is 14.4 Å². The number of nitrogens with zero attached hydrogens (tertiary/aromatic N) is 4. The van der Waals surface area contributed by atoms with Crippen molar-refractivity contribution in [2.75, 3.05) is 18.0 Å². The average molecular weight is 433 g/mol. The Balaban J connectivity index is 1.75. The molecule has 1 aromatic heterocycles. The Morgan fingerprint density at radius 1 is 1.23 bits per heavy atom. The van der Waals surface area contributed by atoms with Gasteiger partial charge in [-0.3, -0.25) is 4.90 Å². The molecule has 0 radical (unpaired) electrons. The van der Waals surface area contributed by atoms with E-state index < -0.39 is 17.8 Å². The first-order valence-electron chi connectivity index (χ1n) is 9.69. The molecule has 2 heterocycles. The molecule has 0 N–H and O–H groups in total. The van der Waals surface area contributed by atoms with Gasteiger partial charge in [-0.05, 0) is 50.4 Å². The van der Waals surface area contributed by atoms with Gasteiger partial charge >= 0.3 is 12.2 Å². The average Bonchev–Trinajstić information content (AvgIpc) is 3.16. The van der Waals surface area contributed by atoms with Gasteiger partial charge in [-0.25, -0.2) is 19.6 Å². The number of benzene rings is 1. The van der Waals surface area contributed by atoms with E-state index in [0.29, 0.717) is 25.3 Å². The summed E-state index contributed by atoms with van der Waals surface area (Å²) in [7, 11) is 0. The van der Waals surface area contributed by atoms with Crippen LogP contribution in [0.5, 0.6) is 0 Å². The van der Waals surface area contributed by atoms with Crippen molar-refractivity contribution in [3.8, 4) is 0 Å². The summed E-state index contributed by atoms with van der Waals surface area (Å²) in [5.74, 6) is 0.323. The van der Waals surface area contributed by atoms with Gasteiger partial charge in [0, 0.05) is 19.3 Å². The zero-order valence-electron chi connectivity index (χ0n) is 17.2. The molecular weight excluding hydrogens is 408 g/mol. The molecule has 8 nitrogen and oxygen atoms in total. The van der Waals surface area contributed by atoms with Crippen molar-refractivity contribution in [3.05, 3.63) is 53.4 Å². The van der Waals surface area contributed by atoms with Gasteiger partial charge in [0.15, 0.2) is 0 Å². The quantitative estimate of drug-likeness (QED) is 0.670. The van der Waals surface area contributed by atoms with Crippen molar-refractivity contribution < 1.29 is 19.1 Å². The highest BCUT2D eigenvalue weighted by atomic mass is 35.5. The first kappa shape index (κ1) is 21.8. The molecule has 1 saturated heterocycles. The molecule has 9 heteroatoms. The monoisotopic (exact) mass is 432 g/mol. The third kappa shape index (κ3) is 5.82. The second kappa shape index (κ2) is 9.30.